The fourth-order valence-electron chi connectivity index (χ4n) is 2.32. The van der Waals surface area contributed by atoms with Crippen LogP contribution in [0.5, 0.6) is 0 Å². The van der Waals surface area contributed by atoms with E-state index in [2.05, 4.69) is 9.97 Å². The van der Waals surface area contributed by atoms with Crippen molar-refractivity contribution in [3.8, 4) is 5.95 Å². The zero-order valence-electron chi connectivity index (χ0n) is 11.3. The Morgan fingerprint density at radius 2 is 1.95 bits per heavy atom. The molecule has 3 aromatic rings. The fourth-order valence-corrected chi connectivity index (χ4v) is 2.32. The topological polar surface area (TPSA) is 50.9 Å². The van der Waals surface area contributed by atoms with Gasteiger partial charge in [-0.05, 0) is 30.3 Å². The highest BCUT2D eigenvalue weighted by atomic mass is 19.1. The lowest BCUT2D eigenvalue weighted by Crippen LogP contribution is -2.03. The molecule has 3 rings (SSSR count). The van der Waals surface area contributed by atoms with Crippen LogP contribution in [0.2, 0.25) is 0 Å². The number of nitrogens with zero attached hydrogens (tertiary/aromatic N) is 3. The van der Waals surface area contributed by atoms with Crippen LogP contribution in [0, 0.1) is 5.82 Å². The number of halogens is 1. The summed E-state index contributed by atoms with van der Waals surface area (Å²) < 4.78 is 15.3. The van der Waals surface area contributed by atoms with Crippen molar-refractivity contribution in [1.82, 2.24) is 14.5 Å². The molecule has 0 aliphatic heterocycles. The van der Waals surface area contributed by atoms with Crippen molar-refractivity contribution in [3.63, 3.8) is 0 Å². The van der Waals surface area contributed by atoms with Gasteiger partial charge in [0.15, 0.2) is 0 Å². The third-order valence-corrected chi connectivity index (χ3v) is 3.19. The van der Waals surface area contributed by atoms with E-state index in [4.69, 9.17) is 5.11 Å². The summed E-state index contributed by atoms with van der Waals surface area (Å²) in [5.74, 6) is 0.276. The standard InChI is InChI=1S/C16H14FN3O/c17-13-5-6-15-12(10-13)11-14(4-1-2-9-21)20(15)16-18-7-3-8-19-16/h1-3,5-8,10-11,21H,4,9H2/b2-1+. The Bertz CT molecular complexity index is 781. The number of allylic oxidation sites excluding steroid dienone is 1. The van der Waals surface area contributed by atoms with Gasteiger partial charge in [0.25, 0.3) is 0 Å². The van der Waals surface area contributed by atoms with Crippen LogP contribution in [-0.2, 0) is 6.42 Å². The average molecular weight is 283 g/mol. The van der Waals surface area contributed by atoms with Crippen LogP contribution in [0.3, 0.4) is 0 Å². The first-order valence-electron chi connectivity index (χ1n) is 6.63. The molecule has 0 unspecified atom stereocenters. The summed E-state index contributed by atoms with van der Waals surface area (Å²) >= 11 is 0. The van der Waals surface area contributed by atoms with Crippen LogP contribution in [0.4, 0.5) is 4.39 Å². The van der Waals surface area contributed by atoms with Crippen molar-refractivity contribution in [1.29, 1.82) is 0 Å². The predicted octanol–water partition coefficient (Wildman–Crippen LogP) is 2.65. The Kier molecular flexibility index (Phi) is 3.75. The van der Waals surface area contributed by atoms with Crippen molar-refractivity contribution >= 4 is 10.9 Å². The van der Waals surface area contributed by atoms with E-state index in [-0.39, 0.29) is 12.4 Å². The molecular formula is C16H14FN3O. The molecule has 0 bridgehead atoms. The summed E-state index contributed by atoms with van der Waals surface area (Å²) in [6.45, 7) is -0.00328. The zero-order chi connectivity index (χ0) is 14.7. The van der Waals surface area contributed by atoms with E-state index in [1.165, 1.54) is 12.1 Å². The summed E-state index contributed by atoms with van der Waals surface area (Å²) in [5, 5.41) is 9.64. The van der Waals surface area contributed by atoms with Gasteiger partial charge in [0.2, 0.25) is 5.95 Å². The van der Waals surface area contributed by atoms with Gasteiger partial charge in [-0.1, -0.05) is 12.2 Å². The molecule has 106 valence electrons. The van der Waals surface area contributed by atoms with Crippen molar-refractivity contribution in [2.24, 2.45) is 0 Å². The molecule has 5 heteroatoms. The Morgan fingerprint density at radius 3 is 2.71 bits per heavy atom. The summed E-state index contributed by atoms with van der Waals surface area (Å²) in [7, 11) is 0. The van der Waals surface area contributed by atoms with Crippen molar-refractivity contribution < 1.29 is 9.50 Å². The molecular weight excluding hydrogens is 269 g/mol. The molecule has 0 amide bonds. The lowest BCUT2D eigenvalue weighted by atomic mass is 10.2. The van der Waals surface area contributed by atoms with Crippen molar-refractivity contribution in [3.05, 3.63) is 66.4 Å². The van der Waals surface area contributed by atoms with E-state index < -0.39 is 0 Å². The van der Waals surface area contributed by atoms with Crippen LogP contribution >= 0.6 is 0 Å². The smallest absolute Gasteiger partial charge is 0.234 e. The molecule has 0 aliphatic rings. The third-order valence-electron chi connectivity index (χ3n) is 3.19. The first-order valence-corrected chi connectivity index (χ1v) is 6.63. The molecule has 21 heavy (non-hydrogen) atoms. The fraction of sp³-hybridized carbons (Fsp3) is 0.125. The maximum atomic E-state index is 13.4. The number of aliphatic hydroxyl groups excluding tert-OH is 1. The average Bonchev–Trinajstić information content (AvgIpc) is 2.85. The van der Waals surface area contributed by atoms with E-state index in [1.807, 2.05) is 16.7 Å². The Balaban J connectivity index is 2.18. The summed E-state index contributed by atoms with van der Waals surface area (Å²) in [6.07, 6.45) is 7.49. The minimum Gasteiger partial charge on any atom is -0.392 e. The summed E-state index contributed by atoms with van der Waals surface area (Å²) in [4.78, 5) is 8.53. The number of aliphatic hydroxyl groups is 1. The molecule has 1 aromatic carbocycles. The predicted molar refractivity (Wildman–Crippen MR) is 78.8 cm³/mol. The molecule has 0 aliphatic carbocycles. The maximum absolute atomic E-state index is 13.4. The normalized spacial score (nSPS) is 11.5. The Labute approximate surface area is 121 Å². The minimum absolute atomic E-state index is 0.00328. The first-order chi connectivity index (χ1) is 10.3. The van der Waals surface area contributed by atoms with Gasteiger partial charge < -0.3 is 5.11 Å². The van der Waals surface area contributed by atoms with E-state index in [0.29, 0.717) is 12.4 Å². The Morgan fingerprint density at radius 1 is 1.14 bits per heavy atom. The molecule has 0 saturated carbocycles. The van der Waals surface area contributed by atoms with Gasteiger partial charge in [0.05, 0.1) is 12.1 Å². The maximum Gasteiger partial charge on any atom is 0.234 e. The third kappa shape index (κ3) is 2.68. The number of aromatic nitrogens is 3. The number of hydrogen-bond acceptors (Lipinski definition) is 3. The lowest BCUT2D eigenvalue weighted by Gasteiger charge is -2.07. The molecule has 0 fully saturated rings. The highest BCUT2D eigenvalue weighted by Gasteiger charge is 2.12. The second kappa shape index (κ2) is 5.85. The van der Waals surface area contributed by atoms with E-state index in [0.717, 1.165) is 16.6 Å². The van der Waals surface area contributed by atoms with Gasteiger partial charge in [0, 0.05) is 29.9 Å². The van der Waals surface area contributed by atoms with Gasteiger partial charge in [-0.3, -0.25) is 4.57 Å². The second-order valence-electron chi connectivity index (χ2n) is 4.58. The van der Waals surface area contributed by atoms with Crippen molar-refractivity contribution in [2.75, 3.05) is 6.61 Å². The largest absolute Gasteiger partial charge is 0.392 e. The van der Waals surface area contributed by atoms with Crippen LogP contribution in [0.25, 0.3) is 16.9 Å². The highest BCUT2D eigenvalue weighted by Crippen LogP contribution is 2.24. The second-order valence-corrected chi connectivity index (χ2v) is 4.58. The molecule has 2 aromatic heterocycles. The van der Waals surface area contributed by atoms with Crippen LogP contribution < -0.4 is 0 Å². The molecule has 0 spiro atoms. The van der Waals surface area contributed by atoms with Crippen LogP contribution in [-0.4, -0.2) is 26.2 Å². The lowest BCUT2D eigenvalue weighted by molar-refractivity contribution is 0.342. The van der Waals surface area contributed by atoms with Crippen LogP contribution in [0.1, 0.15) is 5.69 Å². The molecule has 2 heterocycles. The summed E-state index contributed by atoms with van der Waals surface area (Å²) in [6, 6.07) is 8.31. The van der Waals surface area contributed by atoms with E-state index in [9.17, 15) is 4.39 Å². The Hall–Kier alpha value is -2.53. The number of hydrogen-bond donors (Lipinski definition) is 1. The molecule has 0 saturated heterocycles. The van der Waals surface area contributed by atoms with Crippen molar-refractivity contribution in [2.45, 2.75) is 6.42 Å². The molecule has 0 atom stereocenters. The van der Waals surface area contributed by atoms with E-state index in [1.54, 1.807) is 30.6 Å². The van der Waals surface area contributed by atoms with Gasteiger partial charge in [-0.2, -0.15) is 0 Å². The van der Waals surface area contributed by atoms with Crippen LogP contribution in [0.15, 0.2) is 54.9 Å². The van der Waals surface area contributed by atoms with Gasteiger partial charge in [-0.25, -0.2) is 14.4 Å². The number of benzene rings is 1. The van der Waals surface area contributed by atoms with Gasteiger partial charge in [0.1, 0.15) is 5.82 Å². The quantitative estimate of drug-likeness (QED) is 0.749. The van der Waals surface area contributed by atoms with Gasteiger partial charge in [-0.15, -0.1) is 0 Å². The minimum atomic E-state index is -0.272. The number of fused-ring (bicyclic) bond motifs is 1. The monoisotopic (exact) mass is 283 g/mol. The zero-order valence-corrected chi connectivity index (χ0v) is 11.3. The van der Waals surface area contributed by atoms with E-state index >= 15 is 0 Å². The highest BCUT2D eigenvalue weighted by molar-refractivity contribution is 5.83. The first kappa shape index (κ1) is 13.5. The molecule has 1 N–H and O–H groups in total. The van der Waals surface area contributed by atoms with Gasteiger partial charge >= 0.3 is 0 Å². The molecule has 0 radical (unpaired) electrons. The number of rotatable bonds is 4. The SMILES string of the molecule is OC/C=C/Cc1cc2cc(F)ccc2n1-c1ncccn1. The summed E-state index contributed by atoms with van der Waals surface area (Å²) in [5.41, 5.74) is 1.79. The molecule has 4 nitrogen and oxygen atoms in total.